The monoisotopic (exact) mass is 233 g/mol. The summed E-state index contributed by atoms with van der Waals surface area (Å²) >= 11 is 21.1. The van der Waals surface area contributed by atoms with Crippen molar-refractivity contribution in [3.8, 4) is 6.07 Å². The molecule has 0 amide bonds. The first kappa shape index (κ1) is 11.3. The first-order valence-corrected chi connectivity index (χ1v) is 4.08. The Morgan fingerprint density at radius 3 is 2.36 bits per heavy atom. The van der Waals surface area contributed by atoms with Gasteiger partial charge in [0.15, 0.2) is 0 Å². The molecular weight excluding hydrogens is 232 g/mol. The zero-order chi connectivity index (χ0) is 9.07. The van der Waals surface area contributed by atoms with Crippen LogP contribution >= 0.6 is 46.4 Å². The third-order valence-electron chi connectivity index (χ3n) is 0.845. The van der Waals surface area contributed by atoms with Gasteiger partial charge in [-0.15, -0.1) is 11.6 Å². The summed E-state index contributed by atoms with van der Waals surface area (Å²) in [4.78, 5) is 10.3. The standard InChI is InChI=1S/C5H3Cl4NO/c6-3(4(7)11)1-5(8,9)2-10/h3H,1H2. The molecule has 62 valence electrons. The van der Waals surface area contributed by atoms with Gasteiger partial charge in [0.05, 0.1) is 0 Å². The van der Waals surface area contributed by atoms with Gasteiger partial charge in [-0.25, -0.2) is 0 Å². The van der Waals surface area contributed by atoms with Gasteiger partial charge >= 0.3 is 0 Å². The third-order valence-corrected chi connectivity index (χ3v) is 2.05. The molecular formula is C5H3Cl4NO. The average molecular weight is 235 g/mol. The van der Waals surface area contributed by atoms with E-state index < -0.39 is 15.0 Å². The van der Waals surface area contributed by atoms with E-state index in [4.69, 9.17) is 51.7 Å². The maximum absolute atomic E-state index is 10.3. The van der Waals surface area contributed by atoms with Crippen LogP contribution < -0.4 is 0 Å². The Hall–Kier alpha value is 0.320. The van der Waals surface area contributed by atoms with E-state index in [2.05, 4.69) is 0 Å². The Morgan fingerprint density at radius 2 is 2.09 bits per heavy atom. The zero-order valence-electron chi connectivity index (χ0n) is 5.15. The highest BCUT2D eigenvalue weighted by Gasteiger charge is 2.29. The Kier molecular flexibility index (Phi) is 4.50. The number of carbonyl (C=O) groups is 1. The molecule has 0 rings (SSSR count). The summed E-state index contributed by atoms with van der Waals surface area (Å²) in [5.74, 6) is 0. The highest BCUT2D eigenvalue weighted by molar-refractivity contribution is 6.69. The second-order valence-corrected chi connectivity index (χ2v) is 4.18. The van der Waals surface area contributed by atoms with Gasteiger partial charge in [-0.3, -0.25) is 4.79 Å². The molecule has 0 bridgehead atoms. The fourth-order valence-corrected chi connectivity index (χ4v) is 1.13. The lowest BCUT2D eigenvalue weighted by Gasteiger charge is -2.11. The van der Waals surface area contributed by atoms with Crippen molar-refractivity contribution in [3.63, 3.8) is 0 Å². The SMILES string of the molecule is N#CC(Cl)(Cl)CC(Cl)C(=O)Cl. The van der Waals surface area contributed by atoms with Gasteiger partial charge in [0.1, 0.15) is 11.4 Å². The van der Waals surface area contributed by atoms with E-state index in [1.807, 2.05) is 0 Å². The van der Waals surface area contributed by atoms with Gasteiger partial charge in [-0.05, 0) is 11.6 Å². The number of rotatable bonds is 3. The molecule has 0 aromatic carbocycles. The smallest absolute Gasteiger partial charge is 0.239 e. The number of halogens is 4. The number of nitriles is 1. The molecule has 6 heteroatoms. The minimum absolute atomic E-state index is 0.184. The summed E-state index contributed by atoms with van der Waals surface area (Å²) < 4.78 is -1.64. The topological polar surface area (TPSA) is 40.9 Å². The molecule has 0 radical (unpaired) electrons. The summed E-state index contributed by atoms with van der Waals surface area (Å²) in [5.41, 5.74) is 0. The van der Waals surface area contributed by atoms with Crippen molar-refractivity contribution in [2.24, 2.45) is 0 Å². The molecule has 0 N–H and O–H groups in total. The van der Waals surface area contributed by atoms with E-state index in [0.29, 0.717) is 0 Å². The number of hydrogen-bond donors (Lipinski definition) is 0. The van der Waals surface area contributed by atoms with E-state index in [-0.39, 0.29) is 6.42 Å². The lowest BCUT2D eigenvalue weighted by atomic mass is 10.2. The molecule has 2 nitrogen and oxygen atoms in total. The van der Waals surface area contributed by atoms with Crippen LogP contribution in [0.2, 0.25) is 0 Å². The molecule has 0 spiro atoms. The second-order valence-electron chi connectivity index (χ2n) is 1.79. The maximum Gasteiger partial charge on any atom is 0.239 e. The van der Waals surface area contributed by atoms with Crippen molar-refractivity contribution in [1.29, 1.82) is 5.26 Å². The molecule has 0 aliphatic heterocycles. The van der Waals surface area contributed by atoms with Gasteiger partial charge in [0.25, 0.3) is 0 Å². The number of nitrogens with zero attached hydrogens (tertiary/aromatic N) is 1. The quantitative estimate of drug-likeness (QED) is 0.556. The van der Waals surface area contributed by atoms with Crippen molar-refractivity contribution >= 4 is 51.6 Å². The molecule has 0 saturated heterocycles. The van der Waals surface area contributed by atoms with Crippen LogP contribution in [0.15, 0.2) is 0 Å². The first-order chi connectivity index (χ1) is 4.89. The molecule has 0 aliphatic carbocycles. The molecule has 11 heavy (non-hydrogen) atoms. The van der Waals surface area contributed by atoms with E-state index in [1.54, 1.807) is 6.07 Å². The van der Waals surface area contributed by atoms with E-state index in [1.165, 1.54) is 0 Å². The van der Waals surface area contributed by atoms with Gasteiger partial charge in [-0.2, -0.15) is 5.26 Å². The predicted octanol–water partition coefficient (Wildman–Crippen LogP) is 2.45. The van der Waals surface area contributed by atoms with E-state index >= 15 is 0 Å². The number of carbonyl (C=O) groups excluding carboxylic acids is 1. The van der Waals surface area contributed by atoms with E-state index in [0.717, 1.165) is 0 Å². The second kappa shape index (κ2) is 4.37. The van der Waals surface area contributed by atoms with Crippen LogP contribution in [-0.2, 0) is 4.79 Å². The highest BCUT2D eigenvalue weighted by Crippen LogP contribution is 2.28. The minimum atomic E-state index is -1.64. The summed E-state index contributed by atoms with van der Waals surface area (Å²) in [7, 11) is 0. The van der Waals surface area contributed by atoms with Crippen LogP contribution in [-0.4, -0.2) is 15.0 Å². The van der Waals surface area contributed by atoms with Gasteiger partial charge in [0.2, 0.25) is 9.58 Å². The van der Waals surface area contributed by atoms with Crippen molar-refractivity contribution in [2.75, 3.05) is 0 Å². The van der Waals surface area contributed by atoms with Crippen LogP contribution in [0.25, 0.3) is 0 Å². The van der Waals surface area contributed by atoms with Crippen LogP contribution in [0.5, 0.6) is 0 Å². The zero-order valence-corrected chi connectivity index (χ0v) is 8.18. The molecule has 1 unspecified atom stereocenters. The largest absolute Gasteiger partial charge is 0.280 e. The van der Waals surface area contributed by atoms with Gasteiger partial charge in [-0.1, -0.05) is 23.2 Å². The Morgan fingerprint density at radius 1 is 1.64 bits per heavy atom. The molecule has 0 aromatic rings. The van der Waals surface area contributed by atoms with Crippen LogP contribution in [0.1, 0.15) is 6.42 Å². The molecule has 1 atom stereocenters. The Bertz CT molecular complexity index is 197. The predicted molar refractivity (Wildman–Crippen MR) is 45.2 cm³/mol. The molecule has 0 fully saturated rings. The van der Waals surface area contributed by atoms with E-state index in [9.17, 15) is 4.79 Å². The summed E-state index contributed by atoms with van der Waals surface area (Å²) in [6.07, 6.45) is -0.184. The van der Waals surface area contributed by atoms with Crippen LogP contribution in [0, 0.1) is 11.3 Å². The van der Waals surface area contributed by atoms with Crippen molar-refractivity contribution in [2.45, 2.75) is 16.1 Å². The first-order valence-electron chi connectivity index (χ1n) is 2.51. The summed E-state index contributed by atoms with van der Waals surface area (Å²) in [5, 5.41) is 6.51. The number of hydrogen-bond acceptors (Lipinski definition) is 2. The fraction of sp³-hybridized carbons (Fsp3) is 0.600. The summed E-state index contributed by atoms with van der Waals surface area (Å²) in [6.45, 7) is 0. The Labute approximate surface area is 84.0 Å². The maximum atomic E-state index is 10.3. The average Bonchev–Trinajstić information content (AvgIpc) is 1.87. The summed E-state index contributed by atoms with van der Waals surface area (Å²) in [6, 6.07) is 1.56. The van der Waals surface area contributed by atoms with Crippen LogP contribution in [0.3, 0.4) is 0 Å². The van der Waals surface area contributed by atoms with Crippen molar-refractivity contribution in [1.82, 2.24) is 0 Å². The lowest BCUT2D eigenvalue weighted by molar-refractivity contribution is -0.111. The van der Waals surface area contributed by atoms with Crippen molar-refractivity contribution < 1.29 is 4.79 Å². The minimum Gasteiger partial charge on any atom is -0.280 e. The normalized spacial score (nSPS) is 13.7. The lowest BCUT2D eigenvalue weighted by Crippen LogP contribution is -2.20. The van der Waals surface area contributed by atoms with Gasteiger partial charge in [0, 0.05) is 6.42 Å². The molecule has 0 heterocycles. The third kappa shape index (κ3) is 4.71. The van der Waals surface area contributed by atoms with Crippen molar-refractivity contribution in [3.05, 3.63) is 0 Å². The number of alkyl halides is 3. The van der Waals surface area contributed by atoms with Gasteiger partial charge < -0.3 is 0 Å². The highest BCUT2D eigenvalue weighted by atomic mass is 35.5. The molecule has 0 aliphatic rings. The van der Waals surface area contributed by atoms with Crippen LogP contribution in [0.4, 0.5) is 0 Å². The molecule has 0 aromatic heterocycles. The fourth-order valence-electron chi connectivity index (χ4n) is 0.351. The molecule has 0 saturated carbocycles. The Balaban J connectivity index is 4.07.